The van der Waals surface area contributed by atoms with Crippen LogP contribution in [0.1, 0.15) is 12.2 Å². The second-order valence-electron chi connectivity index (χ2n) is 4.36. The molecule has 0 N–H and O–H groups in total. The van der Waals surface area contributed by atoms with Crippen LogP contribution in [-0.2, 0) is 13.6 Å². The Morgan fingerprint density at radius 3 is 2.65 bits per heavy atom. The van der Waals surface area contributed by atoms with Crippen LogP contribution in [0.5, 0.6) is 0 Å². The standard InChI is InChI=1S/C10H19ClN6/c1-15-13-10(12-14-15)9-17-5-2-4-16(6-3-11)7-8-17/h2-9H2,1H3. The predicted octanol–water partition coefficient (Wildman–Crippen LogP) is -0.0434. The second kappa shape index (κ2) is 6.28. The summed E-state index contributed by atoms with van der Waals surface area (Å²) in [7, 11) is 1.79. The van der Waals surface area contributed by atoms with Crippen LogP contribution in [0, 0.1) is 0 Å². The third kappa shape index (κ3) is 3.90. The zero-order valence-electron chi connectivity index (χ0n) is 10.2. The van der Waals surface area contributed by atoms with Crippen LogP contribution < -0.4 is 0 Å². The molecule has 0 saturated carbocycles. The number of hydrogen-bond donors (Lipinski definition) is 0. The highest BCUT2D eigenvalue weighted by Gasteiger charge is 2.15. The summed E-state index contributed by atoms with van der Waals surface area (Å²) in [5.41, 5.74) is 0. The van der Waals surface area contributed by atoms with E-state index in [-0.39, 0.29) is 0 Å². The Morgan fingerprint density at radius 2 is 1.94 bits per heavy atom. The lowest BCUT2D eigenvalue weighted by Crippen LogP contribution is -2.31. The van der Waals surface area contributed by atoms with Crippen LogP contribution >= 0.6 is 11.6 Å². The molecule has 0 aliphatic carbocycles. The molecule has 0 unspecified atom stereocenters. The number of tetrazole rings is 1. The van der Waals surface area contributed by atoms with Crippen LogP contribution in [0.4, 0.5) is 0 Å². The molecule has 0 aromatic carbocycles. The molecule has 1 aromatic rings. The lowest BCUT2D eigenvalue weighted by molar-refractivity contribution is 0.253. The molecule has 96 valence electrons. The van der Waals surface area contributed by atoms with E-state index in [1.54, 1.807) is 7.05 Å². The quantitative estimate of drug-likeness (QED) is 0.710. The first-order valence-electron chi connectivity index (χ1n) is 6.01. The largest absolute Gasteiger partial charge is 0.301 e. The van der Waals surface area contributed by atoms with Gasteiger partial charge in [0.1, 0.15) is 0 Å². The van der Waals surface area contributed by atoms with Crippen molar-refractivity contribution in [2.75, 3.05) is 38.6 Å². The summed E-state index contributed by atoms with van der Waals surface area (Å²) >= 11 is 5.77. The van der Waals surface area contributed by atoms with Crippen LogP contribution in [0.3, 0.4) is 0 Å². The summed E-state index contributed by atoms with van der Waals surface area (Å²) in [6, 6.07) is 0. The molecule has 7 heteroatoms. The molecule has 1 aliphatic heterocycles. The molecule has 0 spiro atoms. The molecule has 1 aromatic heterocycles. The molecule has 2 rings (SSSR count). The molecular formula is C10H19ClN6. The third-order valence-electron chi connectivity index (χ3n) is 3.00. The van der Waals surface area contributed by atoms with Gasteiger partial charge in [-0.1, -0.05) is 0 Å². The van der Waals surface area contributed by atoms with E-state index in [2.05, 4.69) is 25.2 Å². The van der Waals surface area contributed by atoms with Gasteiger partial charge in [-0.25, -0.2) is 0 Å². The first-order valence-corrected chi connectivity index (χ1v) is 6.55. The Balaban J connectivity index is 1.82. The summed E-state index contributed by atoms with van der Waals surface area (Å²) in [5.74, 6) is 1.52. The first-order chi connectivity index (χ1) is 8.28. The van der Waals surface area contributed by atoms with E-state index in [0.717, 1.165) is 45.1 Å². The molecule has 0 bridgehead atoms. The van der Waals surface area contributed by atoms with Gasteiger partial charge in [-0.05, 0) is 24.7 Å². The monoisotopic (exact) mass is 258 g/mol. The normalized spacial score (nSPS) is 19.4. The number of halogens is 1. The van der Waals surface area contributed by atoms with E-state index in [1.165, 1.54) is 11.2 Å². The summed E-state index contributed by atoms with van der Waals surface area (Å²) in [6.45, 7) is 6.14. The van der Waals surface area contributed by atoms with Gasteiger partial charge in [-0.3, -0.25) is 4.90 Å². The zero-order valence-corrected chi connectivity index (χ0v) is 11.0. The van der Waals surface area contributed by atoms with Crippen molar-refractivity contribution >= 4 is 11.6 Å². The van der Waals surface area contributed by atoms with Gasteiger partial charge in [0.2, 0.25) is 0 Å². The molecule has 17 heavy (non-hydrogen) atoms. The Bertz CT molecular complexity index is 341. The topological polar surface area (TPSA) is 50.1 Å². The van der Waals surface area contributed by atoms with E-state index in [0.29, 0.717) is 5.88 Å². The fourth-order valence-electron chi connectivity index (χ4n) is 2.11. The van der Waals surface area contributed by atoms with E-state index >= 15 is 0 Å². The third-order valence-corrected chi connectivity index (χ3v) is 3.17. The smallest absolute Gasteiger partial charge is 0.188 e. The average Bonchev–Trinajstić information content (AvgIpc) is 2.58. The van der Waals surface area contributed by atoms with E-state index < -0.39 is 0 Å². The van der Waals surface area contributed by atoms with E-state index in [1.807, 2.05) is 0 Å². The van der Waals surface area contributed by atoms with Crippen molar-refractivity contribution in [1.29, 1.82) is 0 Å². The average molecular weight is 259 g/mol. The molecule has 0 radical (unpaired) electrons. The Labute approximate surface area is 107 Å². The minimum atomic E-state index is 0.714. The summed E-state index contributed by atoms with van der Waals surface area (Å²) in [4.78, 5) is 6.30. The van der Waals surface area contributed by atoms with Crippen LogP contribution in [0.25, 0.3) is 0 Å². The maximum absolute atomic E-state index is 5.77. The van der Waals surface area contributed by atoms with Crippen LogP contribution in [0.15, 0.2) is 0 Å². The Kier molecular flexibility index (Phi) is 4.70. The fourth-order valence-corrected chi connectivity index (χ4v) is 2.35. The molecule has 1 aliphatic rings. The minimum absolute atomic E-state index is 0.714. The summed E-state index contributed by atoms with van der Waals surface area (Å²) < 4.78 is 0. The number of aromatic nitrogens is 4. The number of aryl methyl sites for hydroxylation is 1. The van der Waals surface area contributed by atoms with Gasteiger partial charge in [0, 0.05) is 25.5 Å². The van der Waals surface area contributed by atoms with Gasteiger partial charge < -0.3 is 4.90 Å². The molecule has 2 heterocycles. The minimum Gasteiger partial charge on any atom is -0.301 e. The SMILES string of the molecule is Cn1nnc(CN2CCCN(CCCl)CC2)n1. The molecule has 0 amide bonds. The molecule has 6 nitrogen and oxygen atoms in total. The van der Waals surface area contributed by atoms with Gasteiger partial charge >= 0.3 is 0 Å². The van der Waals surface area contributed by atoms with E-state index in [9.17, 15) is 0 Å². The Morgan fingerprint density at radius 1 is 1.18 bits per heavy atom. The zero-order chi connectivity index (χ0) is 12.1. The van der Waals surface area contributed by atoms with Crippen LogP contribution in [-0.4, -0.2) is 68.6 Å². The van der Waals surface area contributed by atoms with Crippen molar-refractivity contribution in [3.63, 3.8) is 0 Å². The highest BCUT2D eigenvalue weighted by Crippen LogP contribution is 2.05. The Hall–Kier alpha value is -0.720. The van der Waals surface area contributed by atoms with Gasteiger partial charge in [0.25, 0.3) is 0 Å². The van der Waals surface area contributed by atoms with Gasteiger partial charge in [-0.2, -0.15) is 4.80 Å². The van der Waals surface area contributed by atoms with Crippen molar-refractivity contribution < 1.29 is 0 Å². The summed E-state index contributed by atoms with van der Waals surface area (Å²) in [5, 5.41) is 12.1. The van der Waals surface area contributed by atoms with Crippen molar-refractivity contribution in [3.8, 4) is 0 Å². The van der Waals surface area contributed by atoms with Crippen LogP contribution in [0.2, 0.25) is 0 Å². The van der Waals surface area contributed by atoms with Crippen molar-refractivity contribution in [2.45, 2.75) is 13.0 Å². The lowest BCUT2D eigenvalue weighted by Gasteiger charge is -2.19. The van der Waals surface area contributed by atoms with Gasteiger partial charge in [0.05, 0.1) is 13.6 Å². The fraction of sp³-hybridized carbons (Fsp3) is 0.900. The second-order valence-corrected chi connectivity index (χ2v) is 4.73. The number of alkyl halides is 1. The number of hydrogen-bond acceptors (Lipinski definition) is 5. The highest BCUT2D eigenvalue weighted by atomic mass is 35.5. The molecule has 1 fully saturated rings. The van der Waals surface area contributed by atoms with E-state index in [4.69, 9.17) is 11.6 Å². The predicted molar refractivity (Wildman–Crippen MR) is 65.9 cm³/mol. The van der Waals surface area contributed by atoms with Crippen molar-refractivity contribution in [3.05, 3.63) is 5.82 Å². The van der Waals surface area contributed by atoms with Gasteiger partial charge in [0.15, 0.2) is 5.82 Å². The first kappa shape index (κ1) is 12.7. The molecule has 1 saturated heterocycles. The number of nitrogens with zero attached hydrogens (tertiary/aromatic N) is 6. The lowest BCUT2D eigenvalue weighted by atomic mass is 10.4. The maximum atomic E-state index is 5.77. The molecular weight excluding hydrogens is 240 g/mol. The van der Waals surface area contributed by atoms with Crippen molar-refractivity contribution in [2.24, 2.45) is 7.05 Å². The highest BCUT2D eigenvalue weighted by molar-refractivity contribution is 6.18. The number of rotatable bonds is 4. The molecule has 0 atom stereocenters. The summed E-state index contributed by atoms with van der Waals surface area (Å²) in [6.07, 6.45) is 1.18. The van der Waals surface area contributed by atoms with Crippen molar-refractivity contribution in [1.82, 2.24) is 30.0 Å². The maximum Gasteiger partial charge on any atom is 0.188 e. The van der Waals surface area contributed by atoms with Gasteiger partial charge in [-0.15, -0.1) is 21.8 Å².